The Hall–Kier alpha value is -1.91. The molecule has 0 saturated carbocycles. The molecule has 0 spiro atoms. The quantitative estimate of drug-likeness (QED) is 0.234. The van der Waals surface area contributed by atoms with Gasteiger partial charge in [-0.25, -0.2) is 4.98 Å². The maximum atomic E-state index is 12.6. The van der Waals surface area contributed by atoms with Crippen LogP contribution in [-0.4, -0.2) is 11.2 Å². The Kier molecular flexibility index (Phi) is 7.54. The highest BCUT2D eigenvalue weighted by atomic mass is 79.9. The highest BCUT2D eigenvalue weighted by Gasteiger charge is 2.30. The van der Waals surface area contributed by atoms with Gasteiger partial charge in [0.25, 0.3) is 0 Å². The second-order valence-electron chi connectivity index (χ2n) is 6.03. The van der Waals surface area contributed by atoms with E-state index in [1.807, 2.05) is 36.4 Å². The largest absolute Gasteiger partial charge is 0.487 e. The molecular formula is C20H13Br3F3N3O. The third-order valence-electron chi connectivity index (χ3n) is 3.80. The second kappa shape index (κ2) is 9.93. The van der Waals surface area contributed by atoms with Crippen LogP contribution in [0.3, 0.4) is 0 Å². The molecule has 4 nitrogen and oxygen atoms in total. The molecule has 10 heteroatoms. The molecule has 1 aromatic heterocycles. The predicted molar refractivity (Wildman–Crippen MR) is 121 cm³/mol. The van der Waals surface area contributed by atoms with E-state index in [4.69, 9.17) is 4.74 Å². The van der Waals surface area contributed by atoms with E-state index in [1.54, 1.807) is 0 Å². The lowest BCUT2D eigenvalue weighted by molar-refractivity contribution is -0.137. The van der Waals surface area contributed by atoms with Crippen molar-refractivity contribution in [3.8, 4) is 5.75 Å². The molecule has 0 bridgehead atoms. The molecule has 1 N–H and O–H groups in total. The van der Waals surface area contributed by atoms with Crippen molar-refractivity contribution in [3.05, 3.63) is 84.8 Å². The summed E-state index contributed by atoms with van der Waals surface area (Å²) in [6, 6.07) is 13.6. The molecule has 0 radical (unpaired) electrons. The molecule has 0 fully saturated rings. The van der Waals surface area contributed by atoms with Crippen LogP contribution in [0.15, 0.2) is 73.2 Å². The van der Waals surface area contributed by atoms with Crippen LogP contribution in [0, 0.1) is 0 Å². The summed E-state index contributed by atoms with van der Waals surface area (Å²) in [5.74, 6) is 0.847. The minimum Gasteiger partial charge on any atom is -0.487 e. The predicted octanol–water partition coefficient (Wildman–Crippen LogP) is 7.41. The Morgan fingerprint density at radius 1 is 1.00 bits per heavy atom. The highest BCUT2D eigenvalue weighted by molar-refractivity contribution is 9.11. The maximum absolute atomic E-state index is 12.6. The van der Waals surface area contributed by atoms with Crippen LogP contribution in [0.5, 0.6) is 5.75 Å². The number of halogens is 6. The van der Waals surface area contributed by atoms with Crippen molar-refractivity contribution in [3.63, 3.8) is 0 Å². The van der Waals surface area contributed by atoms with Crippen molar-refractivity contribution < 1.29 is 17.9 Å². The Morgan fingerprint density at radius 2 is 1.67 bits per heavy atom. The number of alkyl halides is 3. The molecule has 0 amide bonds. The molecule has 0 aliphatic carbocycles. The Bertz CT molecular complexity index is 1020. The smallest absolute Gasteiger partial charge is 0.417 e. The van der Waals surface area contributed by atoms with E-state index >= 15 is 0 Å². The lowest BCUT2D eigenvalue weighted by Crippen LogP contribution is -2.05. The van der Waals surface area contributed by atoms with Crippen molar-refractivity contribution in [2.24, 2.45) is 5.10 Å². The number of hydrogen-bond donors (Lipinski definition) is 1. The molecule has 0 atom stereocenters. The number of pyridine rings is 1. The zero-order valence-corrected chi connectivity index (χ0v) is 19.8. The summed E-state index contributed by atoms with van der Waals surface area (Å²) < 4.78 is 46.0. The molecule has 156 valence electrons. The minimum absolute atomic E-state index is 0.201. The SMILES string of the molecule is FC(F)(F)c1ccc(N/N=C\c2cc(Br)c(OCc3ccc(Br)cc3)c(Br)c2)nc1. The van der Waals surface area contributed by atoms with Gasteiger partial charge in [0.2, 0.25) is 0 Å². The maximum Gasteiger partial charge on any atom is 0.417 e. The first kappa shape index (κ1) is 22.8. The van der Waals surface area contributed by atoms with Crippen molar-refractivity contribution in [1.82, 2.24) is 4.98 Å². The van der Waals surface area contributed by atoms with E-state index in [1.165, 1.54) is 12.3 Å². The second-order valence-corrected chi connectivity index (χ2v) is 8.65. The molecule has 30 heavy (non-hydrogen) atoms. The normalized spacial score (nSPS) is 11.7. The van der Waals surface area contributed by atoms with Crippen molar-refractivity contribution in [1.29, 1.82) is 0 Å². The number of aromatic nitrogens is 1. The number of nitrogens with one attached hydrogen (secondary N) is 1. The van der Waals surface area contributed by atoms with E-state index in [0.29, 0.717) is 12.4 Å². The van der Waals surface area contributed by atoms with Gasteiger partial charge in [-0.1, -0.05) is 28.1 Å². The Labute approximate surface area is 195 Å². The molecule has 3 rings (SSSR count). The van der Waals surface area contributed by atoms with Gasteiger partial charge in [-0.2, -0.15) is 18.3 Å². The summed E-state index contributed by atoms with van der Waals surface area (Å²) in [5.41, 5.74) is 3.55. The van der Waals surface area contributed by atoms with Crippen LogP contribution in [-0.2, 0) is 12.8 Å². The third-order valence-corrected chi connectivity index (χ3v) is 5.51. The third kappa shape index (κ3) is 6.29. The number of benzene rings is 2. The minimum atomic E-state index is -4.42. The van der Waals surface area contributed by atoms with Gasteiger partial charge in [-0.05, 0) is 79.4 Å². The summed E-state index contributed by atoms with van der Waals surface area (Å²) in [6.07, 6.45) is -2.15. The number of hydrogen-bond acceptors (Lipinski definition) is 4. The zero-order valence-electron chi connectivity index (χ0n) is 15.1. The molecule has 1 heterocycles. The number of nitrogens with zero attached hydrogens (tertiary/aromatic N) is 2. The molecule has 2 aromatic carbocycles. The van der Waals surface area contributed by atoms with Gasteiger partial charge in [0.05, 0.1) is 20.7 Å². The fourth-order valence-corrected chi connectivity index (χ4v) is 4.04. The van der Waals surface area contributed by atoms with Gasteiger partial charge in [0.15, 0.2) is 0 Å². The average molecular weight is 608 g/mol. The van der Waals surface area contributed by atoms with E-state index in [9.17, 15) is 13.2 Å². The lowest BCUT2D eigenvalue weighted by Gasteiger charge is -2.11. The van der Waals surface area contributed by atoms with E-state index in [0.717, 1.165) is 36.8 Å². The molecule has 0 saturated heterocycles. The number of ether oxygens (including phenoxy) is 1. The highest BCUT2D eigenvalue weighted by Crippen LogP contribution is 2.35. The number of hydrazone groups is 1. The number of anilines is 1. The van der Waals surface area contributed by atoms with Gasteiger partial charge in [0, 0.05) is 10.7 Å². The average Bonchev–Trinajstić information content (AvgIpc) is 2.68. The van der Waals surface area contributed by atoms with Crippen LogP contribution < -0.4 is 10.2 Å². The Morgan fingerprint density at radius 3 is 2.23 bits per heavy atom. The van der Waals surface area contributed by atoms with E-state index in [2.05, 4.69) is 63.3 Å². The van der Waals surface area contributed by atoms with Gasteiger partial charge < -0.3 is 4.74 Å². The van der Waals surface area contributed by atoms with Gasteiger partial charge in [-0.3, -0.25) is 5.43 Å². The van der Waals surface area contributed by atoms with Crippen molar-refractivity contribution >= 4 is 59.8 Å². The van der Waals surface area contributed by atoms with Crippen LogP contribution in [0.4, 0.5) is 19.0 Å². The van der Waals surface area contributed by atoms with Crippen LogP contribution in [0.1, 0.15) is 16.7 Å². The van der Waals surface area contributed by atoms with Crippen molar-refractivity contribution in [2.45, 2.75) is 12.8 Å². The zero-order chi connectivity index (χ0) is 21.7. The summed E-state index contributed by atoms with van der Waals surface area (Å²) in [7, 11) is 0. The van der Waals surface area contributed by atoms with Gasteiger partial charge in [-0.15, -0.1) is 0 Å². The fraction of sp³-hybridized carbons (Fsp3) is 0.100. The van der Waals surface area contributed by atoms with E-state index in [-0.39, 0.29) is 5.82 Å². The molecule has 0 aliphatic heterocycles. The van der Waals surface area contributed by atoms with Crippen LogP contribution in [0.2, 0.25) is 0 Å². The summed E-state index contributed by atoms with van der Waals surface area (Å²) in [6.45, 7) is 0.402. The van der Waals surface area contributed by atoms with Gasteiger partial charge in [0.1, 0.15) is 18.2 Å². The molecular weight excluding hydrogens is 595 g/mol. The molecule has 0 unspecified atom stereocenters. The number of rotatable bonds is 6. The first-order valence-corrected chi connectivity index (χ1v) is 10.8. The van der Waals surface area contributed by atoms with Crippen LogP contribution >= 0.6 is 47.8 Å². The Balaban J connectivity index is 1.63. The van der Waals surface area contributed by atoms with Crippen LogP contribution in [0.25, 0.3) is 0 Å². The van der Waals surface area contributed by atoms with Crippen molar-refractivity contribution in [2.75, 3.05) is 5.43 Å². The standard InChI is InChI=1S/C20H13Br3F3N3O/c21-15-4-1-12(2-5-15)11-30-19-16(22)7-13(8-17(19)23)9-28-29-18-6-3-14(10-27-18)20(24,25)26/h1-10H,11H2,(H,27,29)/b28-9-. The topological polar surface area (TPSA) is 46.5 Å². The fourth-order valence-electron chi connectivity index (χ4n) is 2.33. The lowest BCUT2D eigenvalue weighted by atomic mass is 10.2. The van der Waals surface area contributed by atoms with Gasteiger partial charge >= 0.3 is 6.18 Å². The van der Waals surface area contributed by atoms with E-state index < -0.39 is 11.7 Å². The first-order chi connectivity index (χ1) is 14.2. The molecule has 0 aliphatic rings. The first-order valence-electron chi connectivity index (χ1n) is 8.41. The summed E-state index contributed by atoms with van der Waals surface area (Å²) in [4.78, 5) is 3.70. The molecule has 3 aromatic rings. The summed E-state index contributed by atoms with van der Waals surface area (Å²) in [5, 5.41) is 4.01. The monoisotopic (exact) mass is 605 g/mol. The summed E-state index contributed by atoms with van der Waals surface area (Å²) >= 11 is 10.4.